The van der Waals surface area contributed by atoms with Gasteiger partial charge in [0.15, 0.2) is 0 Å². The van der Waals surface area contributed by atoms with Gasteiger partial charge in [-0.3, -0.25) is 0 Å². The summed E-state index contributed by atoms with van der Waals surface area (Å²) in [6, 6.07) is 17.8. The number of rotatable bonds is 0. The van der Waals surface area contributed by atoms with Crippen LogP contribution >= 0.6 is 0 Å². The minimum absolute atomic E-state index is 0.112. The average molecular weight is 294 g/mol. The third kappa shape index (κ3) is 1.38. The van der Waals surface area contributed by atoms with Gasteiger partial charge in [0.2, 0.25) is 0 Å². The molecule has 0 unspecified atom stereocenters. The van der Waals surface area contributed by atoms with Crippen LogP contribution in [0.2, 0.25) is 0 Å². The van der Waals surface area contributed by atoms with Crippen LogP contribution < -0.4 is 7.22 Å². The van der Waals surface area contributed by atoms with Gasteiger partial charge in [0.1, 0.15) is 0 Å². The first-order chi connectivity index (χ1) is 6.93. The Hall–Kier alpha value is -0.770. The van der Waals surface area contributed by atoms with Crippen molar-refractivity contribution in [1.29, 1.82) is 0 Å². The molecule has 0 bridgehead atoms. The molecule has 14 heavy (non-hydrogen) atoms. The Kier molecular flexibility index (Phi) is 2.09. The van der Waals surface area contributed by atoms with E-state index in [1.165, 1.54) is 0 Å². The van der Waals surface area contributed by atoms with Crippen LogP contribution in [0.1, 0.15) is 11.1 Å². The monoisotopic (exact) mass is 296 g/mol. The van der Waals surface area contributed by atoms with Crippen molar-refractivity contribution in [1.82, 2.24) is 0 Å². The zero-order valence-electron chi connectivity index (χ0n) is 7.73. The zero-order chi connectivity index (χ0) is 9.38. The van der Waals surface area contributed by atoms with Gasteiger partial charge in [-0.1, -0.05) is 0 Å². The number of hydrogen-bond donors (Lipinski definition) is 0. The molecule has 3 rings (SSSR count). The molecule has 0 radical (unpaired) electrons. The molecule has 2 aromatic carbocycles. The van der Waals surface area contributed by atoms with Gasteiger partial charge in [-0.05, 0) is 0 Å². The molecule has 2 aromatic rings. The summed E-state index contributed by atoms with van der Waals surface area (Å²) in [4.78, 5) is 0. The fourth-order valence-electron chi connectivity index (χ4n) is 1.82. The fraction of sp³-hybridized carbons (Fsp3) is 0.0769. The summed E-state index contributed by atoms with van der Waals surface area (Å²) in [6.45, 7) is 0. The number of benzene rings is 2. The third-order valence-corrected chi connectivity index (χ3v) is 6.07. The first-order valence-corrected chi connectivity index (χ1v) is 7.10. The molecule has 0 aliphatic carbocycles. The normalized spacial score (nSPS) is 13.1. The standard InChI is InChI=1S/C13H10Te/c1-3-7-12-10(5-1)9-11-6-2-4-8-13(11)14-12/h1-8H,9H2. The van der Waals surface area contributed by atoms with Crippen LogP contribution in [0.4, 0.5) is 0 Å². The maximum atomic E-state index is 2.30. The molecule has 0 atom stereocenters. The molecule has 0 aromatic heterocycles. The van der Waals surface area contributed by atoms with E-state index in [-0.39, 0.29) is 20.9 Å². The van der Waals surface area contributed by atoms with Gasteiger partial charge in [-0.15, -0.1) is 0 Å². The molecular weight excluding hydrogens is 284 g/mol. The summed E-state index contributed by atoms with van der Waals surface area (Å²) in [5.74, 6) is 0. The number of hydrogen-bond acceptors (Lipinski definition) is 0. The van der Waals surface area contributed by atoms with Crippen molar-refractivity contribution >= 4 is 28.1 Å². The van der Waals surface area contributed by atoms with Crippen molar-refractivity contribution < 1.29 is 0 Å². The summed E-state index contributed by atoms with van der Waals surface area (Å²) in [5.41, 5.74) is 3.10. The molecule has 0 fully saturated rings. The third-order valence-electron chi connectivity index (χ3n) is 2.55. The van der Waals surface area contributed by atoms with E-state index in [1.807, 2.05) is 0 Å². The second-order valence-corrected chi connectivity index (χ2v) is 6.59. The number of fused-ring (bicyclic) bond motifs is 2. The van der Waals surface area contributed by atoms with Gasteiger partial charge >= 0.3 is 94.2 Å². The van der Waals surface area contributed by atoms with E-state index in [2.05, 4.69) is 48.5 Å². The van der Waals surface area contributed by atoms with Crippen molar-refractivity contribution in [2.75, 3.05) is 0 Å². The van der Waals surface area contributed by atoms with Gasteiger partial charge in [-0.2, -0.15) is 0 Å². The first-order valence-electron chi connectivity index (χ1n) is 4.77. The van der Waals surface area contributed by atoms with Crippen LogP contribution in [0.15, 0.2) is 48.5 Å². The Labute approximate surface area is 94.1 Å². The van der Waals surface area contributed by atoms with E-state index in [1.54, 1.807) is 18.3 Å². The molecule has 1 aliphatic heterocycles. The zero-order valence-corrected chi connectivity index (χ0v) is 10.1. The van der Waals surface area contributed by atoms with Crippen molar-refractivity contribution in [2.45, 2.75) is 6.42 Å². The van der Waals surface area contributed by atoms with Crippen LogP contribution in [-0.4, -0.2) is 20.9 Å². The SMILES string of the molecule is c1ccc2c(c1)Cc1ccccc1[Te]2. The average Bonchev–Trinajstić information content (AvgIpc) is 2.26. The van der Waals surface area contributed by atoms with Crippen LogP contribution in [-0.2, 0) is 6.42 Å². The van der Waals surface area contributed by atoms with E-state index in [4.69, 9.17) is 0 Å². The van der Waals surface area contributed by atoms with Crippen molar-refractivity contribution in [2.24, 2.45) is 0 Å². The Morgan fingerprint density at radius 1 is 0.714 bits per heavy atom. The van der Waals surface area contributed by atoms with Crippen LogP contribution in [0.25, 0.3) is 0 Å². The maximum absolute atomic E-state index is 2.30. The van der Waals surface area contributed by atoms with E-state index >= 15 is 0 Å². The summed E-state index contributed by atoms with van der Waals surface area (Å²) < 4.78 is 3.24. The van der Waals surface area contributed by atoms with E-state index < -0.39 is 0 Å². The molecule has 0 nitrogen and oxygen atoms in total. The molecule has 68 valence electrons. The van der Waals surface area contributed by atoms with Gasteiger partial charge < -0.3 is 0 Å². The summed E-state index contributed by atoms with van der Waals surface area (Å²) >= 11 is -0.112. The molecule has 0 amide bonds. The second kappa shape index (κ2) is 3.42. The molecule has 1 heteroatoms. The predicted octanol–water partition coefficient (Wildman–Crippen LogP) is 1.25. The summed E-state index contributed by atoms with van der Waals surface area (Å²) in [5, 5.41) is 0. The Morgan fingerprint density at radius 3 is 1.79 bits per heavy atom. The molecule has 0 saturated heterocycles. The Balaban J connectivity index is 2.12. The van der Waals surface area contributed by atoms with Gasteiger partial charge in [0.25, 0.3) is 0 Å². The van der Waals surface area contributed by atoms with Gasteiger partial charge in [0.05, 0.1) is 0 Å². The van der Waals surface area contributed by atoms with E-state index in [9.17, 15) is 0 Å². The van der Waals surface area contributed by atoms with Crippen molar-refractivity contribution in [3.8, 4) is 0 Å². The van der Waals surface area contributed by atoms with Crippen LogP contribution in [0.5, 0.6) is 0 Å². The first kappa shape index (κ1) is 8.53. The molecule has 1 heterocycles. The Morgan fingerprint density at radius 2 is 1.21 bits per heavy atom. The van der Waals surface area contributed by atoms with E-state index in [0.717, 1.165) is 6.42 Å². The van der Waals surface area contributed by atoms with Crippen LogP contribution in [0.3, 0.4) is 0 Å². The van der Waals surface area contributed by atoms with Crippen molar-refractivity contribution in [3.63, 3.8) is 0 Å². The quantitative estimate of drug-likeness (QED) is 0.547. The van der Waals surface area contributed by atoms with Crippen LogP contribution in [0, 0.1) is 0 Å². The van der Waals surface area contributed by atoms with Crippen molar-refractivity contribution in [3.05, 3.63) is 59.7 Å². The minimum atomic E-state index is -0.112. The van der Waals surface area contributed by atoms with E-state index in [0.29, 0.717) is 0 Å². The summed E-state index contributed by atoms with van der Waals surface area (Å²) in [7, 11) is 0. The fourth-order valence-corrected chi connectivity index (χ4v) is 4.88. The molecule has 1 aliphatic rings. The van der Waals surface area contributed by atoms with Gasteiger partial charge in [-0.25, -0.2) is 0 Å². The van der Waals surface area contributed by atoms with Gasteiger partial charge in [0, 0.05) is 0 Å². The summed E-state index contributed by atoms with van der Waals surface area (Å²) in [6.07, 6.45) is 1.14. The molecule has 0 N–H and O–H groups in total. The molecule has 0 saturated carbocycles. The topological polar surface area (TPSA) is 0 Å². The Bertz CT molecular complexity index is 387. The predicted molar refractivity (Wildman–Crippen MR) is 60.7 cm³/mol. The second-order valence-electron chi connectivity index (χ2n) is 3.49. The molecular formula is C13H10Te. The molecule has 0 spiro atoms.